The van der Waals surface area contributed by atoms with E-state index in [9.17, 15) is 4.79 Å². The van der Waals surface area contributed by atoms with E-state index in [1.54, 1.807) is 11.8 Å². The van der Waals surface area contributed by atoms with Crippen molar-refractivity contribution in [3.8, 4) is 5.75 Å². The van der Waals surface area contributed by atoms with E-state index in [1.165, 1.54) is 0 Å². The Labute approximate surface area is 124 Å². The van der Waals surface area contributed by atoms with E-state index in [4.69, 9.17) is 4.74 Å². The Bertz CT molecular complexity index is 634. The number of rotatable bonds is 5. The van der Waals surface area contributed by atoms with Crippen molar-refractivity contribution in [2.45, 2.75) is 33.4 Å². The zero-order chi connectivity index (χ0) is 15.4. The maximum Gasteiger partial charge on any atom is 0.244 e. The van der Waals surface area contributed by atoms with Gasteiger partial charge in [0.25, 0.3) is 0 Å². The molecule has 2 aromatic rings. The lowest BCUT2D eigenvalue weighted by atomic mass is 10.2. The quantitative estimate of drug-likeness (QED) is 0.918. The Balaban J connectivity index is 1.99. The number of hydrogen-bond donors (Lipinski definition) is 1. The van der Waals surface area contributed by atoms with Crippen molar-refractivity contribution in [3.05, 3.63) is 47.3 Å². The van der Waals surface area contributed by atoms with Gasteiger partial charge in [-0.05, 0) is 44.5 Å². The van der Waals surface area contributed by atoms with Crippen molar-refractivity contribution >= 4 is 5.91 Å². The second-order valence-electron chi connectivity index (χ2n) is 5.12. The number of aromatic nitrogens is 2. The molecule has 0 radical (unpaired) electrons. The molecule has 0 fully saturated rings. The standard InChI is InChI=1S/C16H21N3O2/c1-11-8-12(2)19(18-11)13(3)16(20)17-10-14-6-5-7-15(9-14)21-4/h5-9,13H,10H2,1-4H3,(H,17,20). The summed E-state index contributed by atoms with van der Waals surface area (Å²) in [6.07, 6.45) is 0. The molecule has 0 aliphatic heterocycles. The maximum atomic E-state index is 12.2. The van der Waals surface area contributed by atoms with Crippen molar-refractivity contribution in [3.63, 3.8) is 0 Å². The number of carbonyl (C=O) groups excluding carboxylic acids is 1. The number of carbonyl (C=O) groups is 1. The molecule has 2 rings (SSSR count). The van der Waals surface area contributed by atoms with Crippen LogP contribution in [0.3, 0.4) is 0 Å². The molecule has 1 N–H and O–H groups in total. The van der Waals surface area contributed by atoms with Crippen LogP contribution in [0.1, 0.15) is 29.9 Å². The predicted molar refractivity (Wildman–Crippen MR) is 81.3 cm³/mol. The number of amides is 1. The molecule has 5 nitrogen and oxygen atoms in total. The van der Waals surface area contributed by atoms with Crippen molar-refractivity contribution in [1.82, 2.24) is 15.1 Å². The molecule has 1 unspecified atom stereocenters. The average Bonchev–Trinajstić information content (AvgIpc) is 2.82. The molecule has 1 heterocycles. The Hall–Kier alpha value is -2.30. The van der Waals surface area contributed by atoms with Gasteiger partial charge >= 0.3 is 0 Å². The Morgan fingerprint density at radius 3 is 2.76 bits per heavy atom. The summed E-state index contributed by atoms with van der Waals surface area (Å²) in [6.45, 7) is 6.19. The van der Waals surface area contributed by atoms with Crippen LogP contribution in [0.5, 0.6) is 5.75 Å². The molecule has 0 saturated heterocycles. The molecule has 0 spiro atoms. The molecule has 0 aliphatic carbocycles. The smallest absolute Gasteiger partial charge is 0.244 e. The fourth-order valence-electron chi connectivity index (χ4n) is 2.27. The summed E-state index contributed by atoms with van der Waals surface area (Å²) in [6, 6.07) is 9.29. The second kappa shape index (κ2) is 6.43. The monoisotopic (exact) mass is 287 g/mol. The highest BCUT2D eigenvalue weighted by Crippen LogP contribution is 2.14. The molecular weight excluding hydrogens is 266 g/mol. The van der Waals surface area contributed by atoms with Gasteiger partial charge in [0, 0.05) is 12.2 Å². The van der Waals surface area contributed by atoms with Crippen LogP contribution in [-0.4, -0.2) is 22.8 Å². The minimum atomic E-state index is -0.329. The largest absolute Gasteiger partial charge is 0.497 e. The van der Waals surface area contributed by atoms with Crippen LogP contribution in [-0.2, 0) is 11.3 Å². The molecule has 1 aromatic carbocycles. The minimum absolute atomic E-state index is 0.0518. The van der Waals surface area contributed by atoms with E-state index in [2.05, 4.69) is 10.4 Å². The molecule has 112 valence electrons. The summed E-state index contributed by atoms with van der Waals surface area (Å²) in [5, 5.41) is 7.28. The highest BCUT2D eigenvalue weighted by atomic mass is 16.5. The van der Waals surface area contributed by atoms with Crippen molar-refractivity contribution in [2.24, 2.45) is 0 Å². The number of nitrogens with one attached hydrogen (secondary N) is 1. The topological polar surface area (TPSA) is 56.1 Å². The third kappa shape index (κ3) is 3.62. The van der Waals surface area contributed by atoms with Gasteiger partial charge in [0.2, 0.25) is 5.91 Å². The van der Waals surface area contributed by atoms with Crippen molar-refractivity contribution in [1.29, 1.82) is 0 Å². The summed E-state index contributed by atoms with van der Waals surface area (Å²) in [7, 11) is 1.63. The number of ether oxygens (including phenoxy) is 1. The van der Waals surface area contributed by atoms with Crippen molar-refractivity contribution in [2.75, 3.05) is 7.11 Å². The third-order valence-corrected chi connectivity index (χ3v) is 3.39. The summed E-state index contributed by atoms with van der Waals surface area (Å²) in [5.41, 5.74) is 2.90. The molecular formula is C16H21N3O2. The van der Waals surface area contributed by atoms with Gasteiger partial charge < -0.3 is 10.1 Å². The van der Waals surface area contributed by atoms with Gasteiger partial charge in [-0.25, -0.2) is 0 Å². The van der Waals surface area contributed by atoms with E-state index >= 15 is 0 Å². The van der Waals surface area contributed by atoms with Gasteiger partial charge in [-0.1, -0.05) is 12.1 Å². The first kappa shape index (κ1) is 15.1. The number of hydrogen-bond acceptors (Lipinski definition) is 3. The molecule has 1 atom stereocenters. The SMILES string of the molecule is COc1cccc(CNC(=O)C(C)n2nc(C)cc2C)c1. The van der Waals surface area contributed by atoms with Gasteiger partial charge in [0.05, 0.1) is 12.8 Å². The average molecular weight is 287 g/mol. The van der Waals surface area contributed by atoms with Crippen LogP contribution in [0.25, 0.3) is 0 Å². The first-order valence-corrected chi connectivity index (χ1v) is 6.94. The van der Waals surface area contributed by atoms with E-state index in [0.29, 0.717) is 6.54 Å². The number of aryl methyl sites for hydroxylation is 2. The van der Waals surface area contributed by atoms with Crippen LogP contribution in [0.15, 0.2) is 30.3 Å². The normalized spacial score (nSPS) is 12.0. The van der Waals surface area contributed by atoms with Crippen LogP contribution in [0.2, 0.25) is 0 Å². The number of nitrogens with zero attached hydrogens (tertiary/aromatic N) is 2. The lowest BCUT2D eigenvalue weighted by Crippen LogP contribution is -2.31. The van der Waals surface area contributed by atoms with Crippen LogP contribution < -0.4 is 10.1 Å². The first-order valence-electron chi connectivity index (χ1n) is 6.94. The Morgan fingerprint density at radius 1 is 1.38 bits per heavy atom. The lowest BCUT2D eigenvalue weighted by Gasteiger charge is -2.14. The van der Waals surface area contributed by atoms with Crippen LogP contribution in [0, 0.1) is 13.8 Å². The van der Waals surface area contributed by atoms with E-state index in [1.807, 2.05) is 51.1 Å². The van der Waals surface area contributed by atoms with Gasteiger partial charge in [-0.2, -0.15) is 5.10 Å². The van der Waals surface area contributed by atoms with Gasteiger partial charge in [0.15, 0.2) is 0 Å². The van der Waals surface area contributed by atoms with Gasteiger partial charge in [-0.3, -0.25) is 9.48 Å². The van der Waals surface area contributed by atoms with Crippen LogP contribution in [0.4, 0.5) is 0 Å². The maximum absolute atomic E-state index is 12.2. The Morgan fingerprint density at radius 2 is 2.14 bits per heavy atom. The minimum Gasteiger partial charge on any atom is -0.497 e. The third-order valence-electron chi connectivity index (χ3n) is 3.39. The predicted octanol–water partition coefficient (Wildman–Crippen LogP) is 2.39. The fraction of sp³-hybridized carbons (Fsp3) is 0.375. The van der Waals surface area contributed by atoms with E-state index in [-0.39, 0.29) is 11.9 Å². The molecule has 0 saturated carbocycles. The molecule has 1 aromatic heterocycles. The molecule has 1 amide bonds. The molecule has 5 heteroatoms. The summed E-state index contributed by atoms with van der Waals surface area (Å²) < 4.78 is 6.92. The highest BCUT2D eigenvalue weighted by Gasteiger charge is 2.17. The Kier molecular flexibility index (Phi) is 4.62. The fourth-order valence-corrected chi connectivity index (χ4v) is 2.27. The van der Waals surface area contributed by atoms with Gasteiger partial charge in [0.1, 0.15) is 11.8 Å². The highest BCUT2D eigenvalue weighted by molar-refractivity contribution is 5.79. The summed E-state index contributed by atoms with van der Waals surface area (Å²) in [5.74, 6) is 0.734. The van der Waals surface area contributed by atoms with E-state index in [0.717, 1.165) is 22.7 Å². The summed E-state index contributed by atoms with van der Waals surface area (Å²) >= 11 is 0. The lowest BCUT2D eigenvalue weighted by molar-refractivity contribution is -0.124. The zero-order valence-electron chi connectivity index (χ0n) is 12.9. The second-order valence-corrected chi connectivity index (χ2v) is 5.12. The van der Waals surface area contributed by atoms with E-state index < -0.39 is 0 Å². The first-order chi connectivity index (χ1) is 10.0. The number of methoxy groups -OCH3 is 1. The van der Waals surface area contributed by atoms with Crippen molar-refractivity contribution < 1.29 is 9.53 Å². The summed E-state index contributed by atoms with van der Waals surface area (Å²) in [4.78, 5) is 12.2. The zero-order valence-corrected chi connectivity index (χ0v) is 12.9. The molecule has 21 heavy (non-hydrogen) atoms. The van der Waals surface area contributed by atoms with Gasteiger partial charge in [-0.15, -0.1) is 0 Å². The molecule has 0 bridgehead atoms. The van der Waals surface area contributed by atoms with Crippen LogP contribution >= 0.6 is 0 Å². The molecule has 0 aliphatic rings. The number of benzene rings is 1.